The number of nitrogens with one attached hydrogen (secondary N) is 1. The van der Waals surface area contributed by atoms with Crippen molar-refractivity contribution in [1.82, 2.24) is 9.78 Å². The molecular weight excluding hydrogens is 254 g/mol. The van der Waals surface area contributed by atoms with Crippen LogP contribution < -0.4 is 10.1 Å². The minimum Gasteiger partial charge on any atom is -0.497 e. The maximum atomic E-state index is 10.2. The molecular formula is C15H21N3O2. The molecule has 0 radical (unpaired) electrons. The summed E-state index contributed by atoms with van der Waals surface area (Å²) in [6.45, 7) is 2.51. The molecule has 0 amide bonds. The Morgan fingerprint density at radius 2 is 2.05 bits per heavy atom. The van der Waals surface area contributed by atoms with Crippen LogP contribution in [0.15, 0.2) is 30.5 Å². The molecule has 0 spiro atoms. The van der Waals surface area contributed by atoms with E-state index in [1.807, 2.05) is 37.5 Å². The summed E-state index contributed by atoms with van der Waals surface area (Å²) in [7, 11) is 3.52. The van der Waals surface area contributed by atoms with Gasteiger partial charge in [0.05, 0.1) is 24.6 Å². The third-order valence-electron chi connectivity index (χ3n) is 3.23. The summed E-state index contributed by atoms with van der Waals surface area (Å²) in [5.74, 6) is 0.787. The molecule has 0 saturated carbocycles. The van der Waals surface area contributed by atoms with E-state index in [2.05, 4.69) is 17.3 Å². The Kier molecular flexibility index (Phi) is 4.63. The lowest BCUT2D eigenvalue weighted by Gasteiger charge is -2.13. The van der Waals surface area contributed by atoms with Crippen molar-refractivity contribution in [1.29, 1.82) is 0 Å². The van der Waals surface area contributed by atoms with Gasteiger partial charge in [-0.05, 0) is 24.1 Å². The largest absolute Gasteiger partial charge is 0.497 e. The molecule has 1 unspecified atom stereocenters. The van der Waals surface area contributed by atoms with Gasteiger partial charge in [0, 0.05) is 19.8 Å². The number of rotatable bonds is 6. The van der Waals surface area contributed by atoms with Crippen molar-refractivity contribution < 1.29 is 9.84 Å². The third kappa shape index (κ3) is 3.30. The van der Waals surface area contributed by atoms with E-state index >= 15 is 0 Å². The van der Waals surface area contributed by atoms with Gasteiger partial charge in [-0.3, -0.25) is 4.68 Å². The van der Waals surface area contributed by atoms with Crippen LogP contribution in [-0.4, -0.2) is 28.5 Å². The maximum Gasteiger partial charge on any atom is 0.118 e. The minimum absolute atomic E-state index is 0.449. The zero-order chi connectivity index (χ0) is 14.5. The third-order valence-corrected chi connectivity index (χ3v) is 3.23. The maximum absolute atomic E-state index is 10.2. The van der Waals surface area contributed by atoms with Crippen LogP contribution in [-0.2, 0) is 13.5 Å². The molecule has 20 heavy (non-hydrogen) atoms. The summed E-state index contributed by atoms with van der Waals surface area (Å²) in [5.41, 5.74) is 2.84. The number of ether oxygens (including phenoxy) is 1. The lowest BCUT2D eigenvalue weighted by Crippen LogP contribution is -2.12. The van der Waals surface area contributed by atoms with E-state index in [0.29, 0.717) is 6.54 Å². The van der Waals surface area contributed by atoms with Gasteiger partial charge in [-0.15, -0.1) is 0 Å². The standard InChI is InChI=1S/C15H21N3O2/c1-4-13-14(10-18(2)17-13)16-9-15(19)11-5-7-12(20-3)8-6-11/h5-8,10,15-16,19H,4,9H2,1-3H3. The van der Waals surface area contributed by atoms with Crippen molar-refractivity contribution >= 4 is 5.69 Å². The van der Waals surface area contributed by atoms with E-state index < -0.39 is 6.10 Å². The lowest BCUT2D eigenvalue weighted by atomic mass is 10.1. The van der Waals surface area contributed by atoms with Gasteiger partial charge in [-0.1, -0.05) is 19.1 Å². The summed E-state index contributed by atoms with van der Waals surface area (Å²) in [5, 5.41) is 17.8. The Morgan fingerprint density at radius 3 is 2.65 bits per heavy atom. The quantitative estimate of drug-likeness (QED) is 0.848. The number of aryl methyl sites for hydroxylation is 2. The highest BCUT2D eigenvalue weighted by Gasteiger charge is 2.10. The number of hydrogen-bond acceptors (Lipinski definition) is 4. The van der Waals surface area contributed by atoms with E-state index in [1.165, 1.54) is 0 Å². The van der Waals surface area contributed by atoms with Gasteiger partial charge in [0.2, 0.25) is 0 Å². The average molecular weight is 275 g/mol. The second-order valence-corrected chi connectivity index (χ2v) is 4.69. The van der Waals surface area contributed by atoms with Crippen molar-refractivity contribution in [3.8, 4) is 5.75 Å². The summed E-state index contributed by atoms with van der Waals surface area (Å²) in [6, 6.07) is 7.44. The Balaban J connectivity index is 1.98. The van der Waals surface area contributed by atoms with Gasteiger partial charge in [-0.25, -0.2) is 0 Å². The van der Waals surface area contributed by atoms with Crippen LogP contribution >= 0.6 is 0 Å². The first-order valence-corrected chi connectivity index (χ1v) is 6.72. The Labute approximate surface area is 119 Å². The second kappa shape index (κ2) is 6.43. The number of aromatic nitrogens is 2. The number of nitrogens with zero attached hydrogens (tertiary/aromatic N) is 2. The first-order chi connectivity index (χ1) is 9.63. The number of aliphatic hydroxyl groups excluding tert-OH is 1. The van der Waals surface area contributed by atoms with E-state index in [0.717, 1.165) is 29.1 Å². The fraction of sp³-hybridized carbons (Fsp3) is 0.400. The van der Waals surface area contributed by atoms with Crippen LogP contribution in [0, 0.1) is 0 Å². The number of anilines is 1. The molecule has 1 aromatic heterocycles. The zero-order valence-corrected chi connectivity index (χ0v) is 12.1. The van der Waals surface area contributed by atoms with Crippen LogP contribution in [0.25, 0.3) is 0 Å². The second-order valence-electron chi connectivity index (χ2n) is 4.69. The summed E-state index contributed by atoms with van der Waals surface area (Å²) < 4.78 is 6.88. The van der Waals surface area contributed by atoms with E-state index in [-0.39, 0.29) is 0 Å². The molecule has 0 fully saturated rings. The molecule has 108 valence electrons. The first kappa shape index (κ1) is 14.4. The van der Waals surface area contributed by atoms with Crippen molar-refractivity contribution in [3.05, 3.63) is 41.7 Å². The summed E-state index contributed by atoms with van der Waals surface area (Å²) in [6.07, 6.45) is 2.23. The van der Waals surface area contributed by atoms with Gasteiger partial charge < -0.3 is 15.2 Å². The van der Waals surface area contributed by atoms with E-state index in [4.69, 9.17) is 4.74 Å². The van der Waals surface area contributed by atoms with Crippen molar-refractivity contribution in [2.24, 2.45) is 7.05 Å². The highest BCUT2D eigenvalue weighted by Crippen LogP contribution is 2.19. The minimum atomic E-state index is -0.564. The Bertz CT molecular complexity index is 549. The van der Waals surface area contributed by atoms with E-state index in [9.17, 15) is 5.11 Å². The molecule has 5 nitrogen and oxygen atoms in total. The molecule has 0 bridgehead atoms. The monoisotopic (exact) mass is 275 g/mol. The molecule has 2 aromatic rings. The SMILES string of the molecule is CCc1nn(C)cc1NCC(O)c1ccc(OC)cc1. The molecule has 5 heteroatoms. The molecule has 1 heterocycles. The first-order valence-electron chi connectivity index (χ1n) is 6.72. The van der Waals surface area contributed by atoms with Crippen LogP contribution in [0.4, 0.5) is 5.69 Å². The topological polar surface area (TPSA) is 59.3 Å². The average Bonchev–Trinajstić information content (AvgIpc) is 2.85. The number of benzene rings is 1. The van der Waals surface area contributed by atoms with Crippen molar-refractivity contribution in [3.63, 3.8) is 0 Å². The predicted octanol–water partition coefficient (Wildman–Crippen LogP) is 2.14. The normalized spacial score (nSPS) is 12.2. The Hall–Kier alpha value is -2.01. The molecule has 0 aliphatic rings. The Morgan fingerprint density at radius 1 is 1.35 bits per heavy atom. The summed E-state index contributed by atoms with van der Waals surface area (Å²) in [4.78, 5) is 0. The smallest absolute Gasteiger partial charge is 0.118 e. The molecule has 2 rings (SSSR count). The molecule has 0 aliphatic carbocycles. The molecule has 1 aromatic carbocycles. The van der Waals surface area contributed by atoms with Gasteiger partial charge in [0.25, 0.3) is 0 Å². The molecule has 1 atom stereocenters. The van der Waals surface area contributed by atoms with Gasteiger partial charge in [0.15, 0.2) is 0 Å². The highest BCUT2D eigenvalue weighted by atomic mass is 16.5. The fourth-order valence-electron chi connectivity index (χ4n) is 2.09. The van der Waals surface area contributed by atoms with Crippen LogP contribution in [0.1, 0.15) is 24.3 Å². The van der Waals surface area contributed by atoms with Crippen molar-refractivity contribution in [2.75, 3.05) is 19.0 Å². The van der Waals surface area contributed by atoms with Crippen LogP contribution in [0.2, 0.25) is 0 Å². The van der Waals surface area contributed by atoms with Crippen LogP contribution in [0.5, 0.6) is 5.75 Å². The highest BCUT2D eigenvalue weighted by molar-refractivity contribution is 5.46. The number of hydrogen-bond donors (Lipinski definition) is 2. The van der Waals surface area contributed by atoms with Gasteiger partial charge in [-0.2, -0.15) is 5.10 Å². The van der Waals surface area contributed by atoms with Gasteiger partial charge >= 0.3 is 0 Å². The summed E-state index contributed by atoms with van der Waals surface area (Å²) >= 11 is 0. The molecule has 0 aliphatic heterocycles. The van der Waals surface area contributed by atoms with Crippen molar-refractivity contribution in [2.45, 2.75) is 19.4 Å². The fourth-order valence-corrected chi connectivity index (χ4v) is 2.09. The number of aliphatic hydroxyl groups is 1. The zero-order valence-electron chi connectivity index (χ0n) is 12.1. The van der Waals surface area contributed by atoms with E-state index in [1.54, 1.807) is 11.8 Å². The molecule has 0 saturated heterocycles. The molecule has 2 N–H and O–H groups in total. The van der Waals surface area contributed by atoms with Gasteiger partial charge in [0.1, 0.15) is 5.75 Å². The number of methoxy groups -OCH3 is 1. The predicted molar refractivity (Wildman–Crippen MR) is 79.0 cm³/mol. The lowest BCUT2D eigenvalue weighted by molar-refractivity contribution is 0.191. The van der Waals surface area contributed by atoms with Crippen LogP contribution in [0.3, 0.4) is 0 Å².